The molecule has 3 aliphatic rings. The van der Waals surface area contributed by atoms with Gasteiger partial charge in [-0.1, -0.05) is 13.8 Å². The molecular weight excluding hydrogens is 332 g/mol. The van der Waals surface area contributed by atoms with Crippen molar-refractivity contribution >= 4 is 17.8 Å². The topological polar surface area (TPSA) is 81.8 Å². The van der Waals surface area contributed by atoms with Gasteiger partial charge in [0.05, 0.1) is 0 Å². The van der Waals surface area contributed by atoms with Crippen molar-refractivity contribution in [3.63, 3.8) is 0 Å². The van der Waals surface area contributed by atoms with Crippen LogP contribution in [-0.2, 0) is 9.59 Å². The van der Waals surface area contributed by atoms with E-state index in [1.54, 1.807) is 4.90 Å². The van der Waals surface area contributed by atoms with Crippen LogP contribution in [0.2, 0.25) is 0 Å². The van der Waals surface area contributed by atoms with Gasteiger partial charge in [-0.05, 0) is 57.0 Å². The molecule has 3 rings (SSSR count). The second-order valence-electron chi connectivity index (χ2n) is 8.30. The van der Waals surface area contributed by atoms with Gasteiger partial charge in [0, 0.05) is 26.1 Å². The predicted molar refractivity (Wildman–Crippen MR) is 98.5 cm³/mol. The summed E-state index contributed by atoms with van der Waals surface area (Å²) in [5.74, 6) is 0.704. The zero-order valence-corrected chi connectivity index (χ0v) is 16.1. The zero-order valence-electron chi connectivity index (χ0n) is 16.1. The Morgan fingerprint density at radius 1 is 1.15 bits per heavy atom. The minimum Gasteiger partial charge on any atom is -0.341 e. The number of carbonyl (C=O) groups excluding carboxylic acids is 3. The Kier molecular flexibility index (Phi) is 5.85. The molecule has 3 heterocycles. The van der Waals surface area contributed by atoms with Crippen LogP contribution in [0.1, 0.15) is 52.4 Å². The van der Waals surface area contributed by atoms with E-state index < -0.39 is 5.54 Å². The van der Waals surface area contributed by atoms with Gasteiger partial charge in [0.1, 0.15) is 5.54 Å². The molecule has 0 spiro atoms. The zero-order chi connectivity index (χ0) is 18.7. The summed E-state index contributed by atoms with van der Waals surface area (Å²) in [7, 11) is 0. The fourth-order valence-corrected chi connectivity index (χ4v) is 4.49. The number of nitrogens with zero attached hydrogens (tertiary/aromatic N) is 2. The van der Waals surface area contributed by atoms with E-state index in [1.807, 2.05) is 0 Å². The second-order valence-corrected chi connectivity index (χ2v) is 8.30. The molecule has 3 aliphatic heterocycles. The number of carbonyl (C=O) groups is 3. The molecule has 0 radical (unpaired) electrons. The fraction of sp³-hybridized carbons (Fsp3) is 0.842. The summed E-state index contributed by atoms with van der Waals surface area (Å²) in [5.41, 5.74) is -0.765. The van der Waals surface area contributed by atoms with Crippen LogP contribution in [-0.4, -0.2) is 65.9 Å². The molecular formula is C19H32N4O3. The van der Waals surface area contributed by atoms with Crippen molar-refractivity contribution in [3.8, 4) is 0 Å². The van der Waals surface area contributed by atoms with E-state index in [4.69, 9.17) is 0 Å². The van der Waals surface area contributed by atoms with E-state index in [0.29, 0.717) is 31.8 Å². The molecule has 7 heteroatoms. The average molecular weight is 364 g/mol. The van der Waals surface area contributed by atoms with Gasteiger partial charge < -0.3 is 15.5 Å². The number of imide groups is 1. The van der Waals surface area contributed by atoms with Crippen LogP contribution >= 0.6 is 0 Å². The van der Waals surface area contributed by atoms with Crippen molar-refractivity contribution < 1.29 is 14.4 Å². The number of rotatable bonds is 7. The van der Waals surface area contributed by atoms with E-state index in [9.17, 15) is 14.4 Å². The van der Waals surface area contributed by atoms with Gasteiger partial charge in [-0.15, -0.1) is 0 Å². The Labute approximate surface area is 155 Å². The number of likely N-dealkylation sites (tertiary alicyclic amines) is 1. The first-order valence-corrected chi connectivity index (χ1v) is 10.1. The predicted octanol–water partition coefficient (Wildman–Crippen LogP) is 1.34. The van der Waals surface area contributed by atoms with Crippen molar-refractivity contribution in [2.24, 2.45) is 11.8 Å². The molecule has 3 fully saturated rings. The van der Waals surface area contributed by atoms with Gasteiger partial charge in [0.2, 0.25) is 5.91 Å². The van der Waals surface area contributed by atoms with Crippen molar-refractivity contribution in [2.45, 2.75) is 57.9 Å². The maximum atomic E-state index is 13.4. The van der Waals surface area contributed by atoms with E-state index in [0.717, 1.165) is 45.3 Å². The molecule has 26 heavy (non-hydrogen) atoms. The number of piperidine rings is 1. The Hall–Kier alpha value is -1.63. The first-order valence-electron chi connectivity index (χ1n) is 10.1. The molecule has 0 aromatic rings. The molecule has 0 aliphatic carbocycles. The molecule has 4 amide bonds. The minimum absolute atomic E-state index is 0.0818. The lowest BCUT2D eigenvalue weighted by molar-refractivity contribution is -0.135. The smallest absolute Gasteiger partial charge is 0.325 e. The monoisotopic (exact) mass is 364 g/mol. The molecule has 7 nitrogen and oxygen atoms in total. The molecule has 1 unspecified atom stereocenters. The summed E-state index contributed by atoms with van der Waals surface area (Å²) in [6, 6.07) is -0.288. The molecule has 2 N–H and O–H groups in total. The van der Waals surface area contributed by atoms with E-state index in [-0.39, 0.29) is 23.8 Å². The number of amides is 4. The van der Waals surface area contributed by atoms with Crippen LogP contribution in [0, 0.1) is 11.8 Å². The van der Waals surface area contributed by atoms with E-state index >= 15 is 0 Å². The number of nitrogens with one attached hydrogen (secondary N) is 2. The first kappa shape index (κ1) is 19.1. The number of hydrogen-bond acceptors (Lipinski definition) is 4. The summed E-state index contributed by atoms with van der Waals surface area (Å²) < 4.78 is 0. The van der Waals surface area contributed by atoms with Gasteiger partial charge in [-0.3, -0.25) is 14.5 Å². The quantitative estimate of drug-likeness (QED) is 0.668. The molecule has 146 valence electrons. The van der Waals surface area contributed by atoms with Gasteiger partial charge >= 0.3 is 6.03 Å². The highest BCUT2D eigenvalue weighted by molar-refractivity contribution is 6.07. The van der Waals surface area contributed by atoms with Crippen molar-refractivity contribution in [1.82, 2.24) is 20.4 Å². The Morgan fingerprint density at radius 2 is 1.88 bits per heavy atom. The molecule has 0 saturated carbocycles. The second kappa shape index (κ2) is 7.94. The molecule has 0 aromatic carbocycles. The summed E-state index contributed by atoms with van der Waals surface area (Å²) in [6.07, 6.45) is 4.86. The van der Waals surface area contributed by atoms with Crippen molar-refractivity contribution in [3.05, 3.63) is 0 Å². The molecule has 0 aromatic heterocycles. The van der Waals surface area contributed by atoms with Gasteiger partial charge in [0.25, 0.3) is 5.91 Å². The largest absolute Gasteiger partial charge is 0.341 e. The van der Waals surface area contributed by atoms with Crippen LogP contribution in [0.5, 0.6) is 0 Å². The third-order valence-corrected chi connectivity index (χ3v) is 6.12. The Bertz CT molecular complexity index is 559. The van der Waals surface area contributed by atoms with Gasteiger partial charge in [-0.2, -0.15) is 0 Å². The standard InChI is InChI=1S/C19H32N4O3/c1-14(2)5-8-19(15-6-9-20-10-7-15)17(25)23(18(26)21-19)13-12-22-11-3-4-16(22)24/h14-15,20H,3-13H2,1-2H3,(H,21,26). The summed E-state index contributed by atoms with van der Waals surface area (Å²) >= 11 is 0. The lowest BCUT2D eigenvalue weighted by Crippen LogP contribution is -2.56. The lowest BCUT2D eigenvalue weighted by Gasteiger charge is -2.38. The van der Waals surface area contributed by atoms with Crippen LogP contribution in [0.4, 0.5) is 4.79 Å². The van der Waals surface area contributed by atoms with Gasteiger partial charge in [-0.25, -0.2) is 4.79 Å². The van der Waals surface area contributed by atoms with Crippen molar-refractivity contribution in [1.29, 1.82) is 0 Å². The first-order chi connectivity index (χ1) is 12.4. The fourth-order valence-electron chi connectivity index (χ4n) is 4.49. The normalized spacial score (nSPS) is 27.7. The SMILES string of the molecule is CC(C)CCC1(C2CCNCC2)NC(=O)N(CCN2CCCC2=O)C1=O. The highest BCUT2D eigenvalue weighted by atomic mass is 16.2. The minimum atomic E-state index is -0.765. The number of urea groups is 1. The molecule has 0 bridgehead atoms. The molecule has 1 atom stereocenters. The summed E-state index contributed by atoms with van der Waals surface area (Å²) in [4.78, 5) is 40.9. The molecule has 3 saturated heterocycles. The third-order valence-electron chi connectivity index (χ3n) is 6.12. The van der Waals surface area contributed by atoms with E-state index in [1.165, 1.54) is 4.90 Å². The Balaban J connectivity index is 1.73. The maximum Gasteiger partial charge on any atom is 0.325 e. The summed E-state index contributed by atoms with van der Waals surface area (Å²) in [6.45, 7) is 7.55. The Morgan fingerprint density at radius 3 is 2.50 bits per heavy atom. The average Bonchev–Trinajstić information content (AvgIpc) is 3.14. The third kappa shape index (κ3) is 3.72. The summed E-state index contributed by atoms with van der Waals surface area (Å²) in [5, 5.41) is 6.43. The van der Waals surface area contributed by atoms with Crippen LogP contribution in [0.3, 0.4) is 0 Å². The van der Waals surface area contributed by atoms with Crippen LogP contribution in [0.25, 0.3) is 0 Å². The van der Waals surface area contributed by atoms with Gasteiger partial charge in [0.15, 0.2) is 0 Å². The maximum absolute atomic E-state index is 13.4. The highest BCUT2D eigenvalue weighted by Gasteiger charge is 2.55. The number of hydrogen-bond donors (Lipinski definition) is 2. The van der Waals surface area contributed by atoms with Crippen LogP contribution in [0.15, 0.2) is 0 Å². The van der Waals surface area contributed by atoms with Crippen molar-refractivity contribution in [2.75, 3.05) is 32.7 Å². The highest BCUT2D eigenvalue weighted by Crippen LogP contribution is 2.36. The lowest BCUT2D eigenvalue weighted by atomic mass is 9.74. The van der Waals surface area contributed by atoms with Crippen LogP contribution < -0.4 is 10.6 Å². The van der Waals surface area contributed by atoms with E-state index in [2.05, 4.69) is 24.5 Å².